The molecule has 3 aliphatic heterocycles. The normalized spacial score (nSPS) is 16.6. The lowest BCUT2D eigenvalue weighted by molar-refractivity contribution is -0.139. The van der Waals surface area contributed by atoms with Crippen LogP contribution in [0.4, 0.5) is 0 Å². The molecule has 0 aromatic carbocycles. The number of carbonyl (C=O) groups is 6. The van der Waals surface area contributed by atoms with E-state index in [9.17, 15) is 28.8 Å². The molecule has 15 nitrogen and oxygen atoms in total. The van der Waals surface area contributed by atoms with Crippen LogP contribution in [0.2, 0.25) is 0 Å². The first-order valence-electron chi connectivity index (χ1n) is 21.0. The number of aliphatic carboxylic acids is 3. The van der Waals surface area contributed by atoms with E-state index >= 15 is 0 Å². The van der Waals surface area contributed by atoms with Gasteiger partial charge in [-0.25, -0.2) is 28.8 Å². The van der Waals surface area contributed by atoms with Gasteiger partial charge in [0.15, 0.2) is 0 Å². The molecule has 0 bridgehead atoms. The topological polar surface area (TPSA) is 201 Å². The Morgan fingerprint density at radius 3 is 0.895 bits per heavy atom. The van der Waals surface area contributed by atoms with Crippen molar-refractivity contribution in [2.75, 3.05) is 78.7 Å². The van der Waals surface area contributed by atoms with Gasteiger partial charge in [0, 0.05) is 36.5 Å². The summed E-state index contributed by atoms with van der Waals surface area (Å²) in [6.45, 7) is 11.7. The maximum absolute atomic E-state index is 11.1. The van der Waals surface area contributed by atoms with E-state index in [0.29, 0.717) is 19.8 Å². The third-order valence-electron chi connectivity index (χ3n) is 9.52. The summed E-state index contributed by atoms with van der Waals surface area (Å²) in [5.41, 5.74) is 0. The second-order valence-electron chi connectivity index (χ2n) is 14.4. The summed E-state index contributed by atoms with van der Waals surface area (Å²) in [5, 5.41) is 25.0. The standard InChI is InChI=1S/C15H25NO4.C14H23NO4.C13H21NO4/c17-14(18)8-9-15(19)20-13-7-2-1-4-10-16-11-5-3-6-12-16;16-13(17)7-8-14(18)19-12-6-2-5-11-15-9-3-1-4-10-15;15-12(16)6-7-13(17)18-11-5-4-10-14-8-2-1-3-9-14/h8-9H,1-7,10-13H2,(H,17,18);7-8H,1-6,9-12H2,(H,16,17);6-7H,1-5,8-11H2,(H,15,16)/b9-8+;8-7+;7-6+. The fraction of sp³-hybridized carbons (Fsp3) is 0.714. The van der Waals surface area contributed by atoms with E-state index in [0.717, 1.165) is 101 Å². The van der Waals surface area contributed by atoms with Crippen LogP contribution in [-0.4, -0.2) is 145 Å². The van der Waals surface area contributed by atoms with Gasteiger partial charge in [-0.3, -0.25) is 0 Å². The minimum atomic E-state index is -1.14. The molecule has 57 heavy (non-hydrogen) atoms. The molecule has 0 atom stereocenters. The van der Waals surface area contributed by atoms with Crippen LogP contribution >= 0.6 is 0 Å². The van der Waals surface area contributed by atoms with Gasteiger partial charge >= 0.3 is 35.8 Å². The Labute approximate surface area is 339 Å². The fourth-order valence-corrected chi connectivity index (χ4v) is 6.47. The molecule has 3 heterocycles. The highest BCUT2D eigenvalue weighted by Crippen LogP contribution is 2.12. The van der Waals surface area contributed by atoms with Crippen LogP contribution in [0.5, 0.6) is 0 Å². The molecular weight excluding hydrogens is 738 g/mol. The molecule has 324 valence electrons. The highest BCUT2D eigenvalue weighted by Gasteiger charge is 2.11. The molecule has 3 fully saturated rings. The molecule has 0 saturated carbocycles. The van der Waals surface area contributed by atoms with Gasteiger partial charge in [-0.1, -0.05) is 32.1 Å². The first-order chi connectivity index (χ1) is 27.5. The summed E-state index contributed by atoms with van der Waals surface area (Å²) >= 11 is 0. The third kappa shape index (κ3) is 33.7. The quantitative estimate of drug-likeness (QED) is 0.0479. The number of likely N-dealkylation sites (tertiary alicyclic amines) is 3. The zero-order valence-electron chi connectivity index (χ0n) is 34.0. The number of hydrogen-bond donors (Lipinski definition) is 3. The first-order valence-corrected chi connectivity index (χ1v) is 21.0. The van der Waals surface area contributed by atoms with Crippen molar-refractivity contribution in [3.8, 4) is 0 Å². The van der Waals surface area contributed by atoms with Crippen LogP contribution in [0.3, 0.4) is 0 Å². The van der Waals surface area contributed by atoms with E-state index in [2.05, 4.69) is 14.7 Å². The summed E-state index contributed by atoms with van der Waals surface area (Å²) in [4.78, 5) is 71.1. The van der Waals surface area contributed by atoms with Crippen molar-refractivity contribution >= 4 is 35.8 Å². The molecule has 0 unspecified atom stereocenters. The highest BCUT2D eigenvalue weighted by atomic mass is 16.5. The summed E-state index contributed by atoms with van der Waals surface area (Å²) in [5.74, 6) is -5.18. The fourth-order valence-electron chi connectivity index (χ4n) is 6.47. The summed E-state index contributed by atoms with van der Waals surface area (Å²) in [7, 11) is 0. The Morgan fingerprint density at radius 2 is 0.596 bits per heavy atom. The molecule has 3 rings (SSSR count). The van der Waals surface area contributed by atoms with Crippen LogP contribution in [0.15, 0.2) is 36.5 Å². The molecule has 0 aliphatic carbocycles. The predicted octanol–water partition coefficient (Wildman–Crippen LogP) is 5.48. The smallest absolute Gasteiger partial charge is 0.331 e. The Hall–Kier alpha value is -4.08. The summed E-state index contributed by atoms with van der Waals surface area (Å²) in [6.07, 6.45) is 26.2. The van der Waals surface area contributed by atoms with E-state index in [1.165, 1.54) is 110 Å². The average molecular weight is 808 g/mol. The lowest BCUT2D eigenvalue weighted by atomic mass is 10.1. The zero-order chi connectivity index (χ0) is 41.8. The van der Waals surface area contributed by atoms with E-state index in [1.807, 2.05) is 0 Å². The van der Waals surface area contributed by atoms with Crippen molar-refractivity contribution in [1.29, 1.82) is 0 Å². The van der Waals surface area contributed by atoms with Crippen LogP contribution in [0.1, 0.15) is 116 Å². The number of unbranched alkanes of at least 4 members (excludes halogenated alkanes) is 6. The Balaban J connectivity index is 0.000000428. The number of hydrogen-bond acceptors (Lipinski definition) is 12. The summed E-state index contributed by atoms with van der Waals surface area (Å²) < 4.78 is 14.6. The van der Waals surface area contributed by atoms with Crippen LogP contribution in [0, 0.1) is 0 Å². The van der Waals surface area contributed by atoms with E-state index in [1.54, 1.807) is 0 Å². The van der Waals surface area contributed by atoms with Crippen molar-refractivity contribution in [3.05, 3.63) is 36.5 Å². The van der Waals surface area contributed by atoms with Gasteiger partial charge in [-0.15, -0.1) is 0 Å². The molecule has 0 spiro atoms. The number of nitrogens with zero attached hydrogens (tertiary/aromatic N) is 3. The zero-order valence-corrected chi connectivity index (χ0v) is 34.0. The number of rotatable bonds is 24. The molecular formula is C42H69N3O12. The molecule has 0 amide bonds. The van der Waals surface area contributed by atoms with Gasteiger partial charge in [-0.05, 0) is 142 Å². The molecule has 0 aromatic rings. The maximum Gasteiger partial charge on any atom is 0.331 e. The van der Waals surface area contributed by atoms with Crippen LogP contribution in [0.25, 0.3) is 0 Å². The van der Waals surface area contributed by atoms with Gasteiger partial charge in [-0.2, -0.15) is 0 Å². The Kier molecular flexibility index (Phi) is 31.4. The molecule has 3 aliphatic rings. The third-order valence-corrected chi connectivity index (χ3v) is 9.52. The first kappa shape index (κ1) is 50.9. The number of carbonyl (C=O) groups excluding carboxylic acids is 3. The summed E-state index contributed by atoms with van der Waals surface area (Å²) in [6, 6.07) is 0. The van der Waals surface area contributed by atoms with Gasteiger partial charge in [0.2, 0.25) is 0 Å². The van der Waals surface area contributed by atoms with Crippen LogP contribution in [-0.2, 0) is 43.0 Å². The van der Waals surface area contributed by atoms with Gasteiger partial charge < -0.3 is 44.2 Å². The Bertz CT molecular complexity index is 1220. The van der Waals surface area contributed by atoms with Crippen molar-refractivity contribution in [1.82, 2.24) is 14.7 Å². The number of carboxylic acid groups (broad SMARTS) is 3. The molecule has 0 aromatic heterocycles. The maximum atomic E-state index is 11.1. The second kappa shape index (κ2) is 35.1. The number of esters is 3. The number of carboxylic acids is 3. The lowest BCUT2D eigenvalue weighted by Gasteiger charge is -2.26. The van der Waals surface area contributed by atoms with Gasteiger partial charge in [0.1, 0.15) is 0 Å². The molecule has 0 radical (unpaired) electrons. The van der Waals surface area contributed by atoms with Crippen molar-refractivity contribution in [2.45, 2.75) is 116 Å². The minimum absolute atomic E-state index is 0.358. The van der Waals surface area contributed by atoms with Gasteiger partial charge in [0.05, 0.1) is 19.8 Å². The highest BCUT2D eigenvalue weighted by molar-refractivity contribution is 5.91. The van der Waals surface area contributed by atoms with Crippen molar-refractivity contribution in [3.63, 3.8) is 0 Å². The average Bonchev–Trinajstić information content (AvgIpc) is 3.21. The van der Waals surface area contributed by atoms with E-state index in [4.69, 9.17) is 29.5 Å². The molecule has 3 N–H and O–H groups in total. The number of piperidine rings is 3. The van der Waals surface area contributed by atoms with E-state index < -0.39 is 35.8 Å². The van der Waals surface area contributed by atoms with Crippen LogP contribution < -0.4 is 0 Å². The van der Waals surface area contributed by atoms with Crippen molar-refractivity contribution in [2.24, 2.45) is 0 Å². The van der Waals surface area contributed by atoms with Crippen molar-refractivity contribution < 1.29 is 58.3 Å². The second-order valence-corrected chi connectivity index (χ2v) is 14.4. The minimum Gasteiger partial charge on any atom is -0.478 e. The predicted molar refractivity (Wildman–Crippen MR) is 216 cm³/mol. The number of ether oxygens (including phenoxy) is 3. The monoisotopic (exact) mass is 807 g/mol. The molecule has 3 saturated heterocycles. The molecule has 15 heteroatoms. The lowest BCUT2D eigenvalue weighted by Crippen LogP contribution is -2.30. The van der Waals surface area contributed by atoms with E-state index in [-0.39, 0.29) is 0 Å². The largest absolute Gasteiger partial charge is 0.478 e. The SMILES string of the molecule is O=C(O)/C=C/C(=O)OCCCCCCN1CCCCC1.O=C(O)/C=C/C(=O)OCCCCCN1CCCCC1.O=C(O)/C=C/C(=O)OCCCCN1CCCCC1. The van der Waals surface area contributed by atoms with Gasteiger partial charge in [0.25, 0.3) is 0 Å². The Morgan fingerprint density at radius 1 is 0.351 bits per heavy atom.